The number of hydrogen-bond acceptors (Lipinski definition) is 4. The highest BCUT2D eigenvalue weighted by Crippen LogP contribution is 2.01. The summed E-state index contributed by atoms with van der Waals surface area (Å²) in [6, 6.07) is 0. The largest absolute Gasteiger partial charge is 0.748 e. The molecular weight excluding hydrogens is 216 g/mol. The van der Waals surface area contributed by atoms with Crippen LogP contribution in [0.3, 0.4) is 0 Å². The molecule has 0 unspecified atom stereocenters. The summed E-state index contributed by atoms with van der Waals surface area (Å²) in [7, 11) is 4.04. The molecule has 0 rings (SSSR count). The monoisotopic (exact) mass is 238 g/mol. The summed E-state index contributed by atoms with van der Waals surface area (Å²) in [6.07, 6.45) is 0.437. The fourth-order valence-electron chi connectivity index (χ4n) is 1.25. The maximum Gasteiger partial charge on any atom is 0.0948 e. The summed E-state index contributed by atoms with van der Waals surface area (Å²) in [4.78, 5) is 2.09. The molecule has 0 aromatic rings. The molecule has 0 saturated carbocycles. The van der Waals surface area contributed by atoms with Crippen molar-refractivity contribution in [1.82, 2.24) is 4.90 Å². The van der Waals surface area contributed by atoms with Gasteiger partial charge in [0.1, 0.15) is 0 Å². The van der Waals surface area contributed by atoms with Gasteiger partial charge < -0.3 is 13.9 Å². The molecule has 5 nitrogen and oxygen atoms in total. The third-order valence-electron chi connectivity index (χ3n) is 2.31. The van der Waals surface area contributed by atoms with E-state index in [4.69, 9.17) is 0 Å². The van der Waals surface area contributed by atoms with Crippen molar-refractivity contribution in [3.63, 3.8) is 0 Å². The predicted octanol–water partition coefficient (Wildman–Crippen LogP) is -0.440. The third-order valence-corrected chi connectivity index (χ3v) is 3.10. The molecule has 15 heavy (non-hydrogen) atoms. The normalized spacial score (nSPS) is 13.5. The average Bonchev–Trinajstić information content (AvgIpc) is 1.98. The van der Waals surface area contributed by atoms with E-state index in [2.05, 4.69) is 4.90 Å². The van der Waals surface area contributed by atoms with Gasteiger partial charge in [-0.25, -0.2) is 8.42 Å². The second-order valence-corrected chi connectivity index (χ2v) is 6.33. The van der Waals surface area contributed by atoms with E-state index in [-0.39, 0.29) is 5.75 Å². The molecule has 0 spiro atoms. The molecule has 0 aliphatic carbocycles. The quantitative estimate of drug-likeness (QED) is 0.446. The minimum Gasteiger partial charge on any atom is -0.748 e. The highest BCUT2D eigenvalue weighted by Gasteiger charge is 2.14. The van der Waals surface area contributed by atoms with E-state index in [1.54, 1.807) is 0 Å². The Morgan fingerprint density at radius 3 is 2.13 bits per heavy atom. The molecule has 0 heterocycles. The minimum atomic E-state index is -4.05. The van der Waals surface area contributed by atoms with Gasteiger partial charge in [-0.1, -0.05) is 0 Å². The predicted molar refractivity (Wildman–Crippen MR) is 59.6 cm³/mol. The second-order valence-electron chi connectivity index (χ2n) is 4.80. The standard InChI is InChI=1S/C9H22N2O3S/c1-10(2)6-8-11(3,4)7-5-9-15(12,13)14/h5-9H2,1-4H3. The lowest BCUT2D eigenvalue weighted by atomic mass is 10.3. The first-order chi connectivity index (χ1) is 6.62. The molecule has 0 saturated heterocycles. The Labute approximate surface area is 93.0 Å². The van der Waals surface area contributed by atoms with Crippen LogP contribution in [0.15, 0.2) is 0 Å². The summed E-state index contributed by atoms with van der Waals surface area (Å²) in [6.45, 7) is 2.62. The molecule has 0 bridgehead atoms. The molecule has 0 atom stereocenters. The Morgan fingerprint density at radius 1 is 1.20 bits per heavy atom. The van der Waals surface area contributed by atoms with Gasteiger partial charge >= 0.3 is 0 Å². The van der Waals surface area contributed by atoms with Crippen LogP contribution >= 0.6 is 0 Å². The van der Waals surface area contributed by atoms with E-state index in [0.717, 1.165) is 24.1 Å². The first-order valence-corrected chi connectivity index (χ1v) is 6.60. The lowest BCUT2D eigenvalue weighted by Gasteiger charge is -2.31. The maximum absolute atomic E-state index is 10.4. The topological polar surface area (TPSA) is 60.4 Å². The van der Waals surface area contributed by atoms with Crippen molar-refractivity contribution in [2.45, 2.75) is 6.42 Å². The van der Waals surface area contributed by atoms with Gasteiger partial charge in [-0.05, 0) is 14.1 Å². The molecule has 0 fully saturated rings. The zero-order valence-corrected chi connectivity index (χ0v) is 10.9. The van der Waals surface area contributed by atoms with Crippen molar-refractivity contribution in [1.29, 1.82) is 0 Å². The van der Waals surface area contributed by atoms with E-state index < -0.39 is 10.1 Å². The molecule has 0 N–H and O–H groups in total. The van der Waals surface area contributed by atoms with Crippen LogP contribution < -0.4 is 0 Å². The van der Waals surface area contributed by atoms with Crippen LogP contribution in [0, 0.1) is 0 Å². The zero-order chi connectivity index (χ0) is 12.1. The molecule has 0 aliphatic heterocycles. The van der Waals surface area contributed by atoms with Crippen LogP contribution in [0.4, 0.5) is 0 Å². The summed E-state index contributed by atoms with van der Waals surface area (Å²) in [5, 5.41) is 0. The molecule has 0 radical (unpaired) electrons. The van der Waals surface area contributed by atoms with E-state index in [1.165, 1.54) is 0 Å². The number of likely N-dealkylation sites (N-methyl/N-ethyl adjacent to an activating group) is 2. The SMILES string of the molecule is CN(C)CC[N+](C)(C)CCCS(=O)(=O)[O-]. The van der Waals surface area contributed by atoms with Gasteiger partial charge in [0.15, 0.2) is 0 Å². The van der Waals surface area contributed by atoms with Crippen LogP contribution in [0.5, 0.6) is 0 Å². The van der Waals surface area contributed by atoms with Crippen molar-refractivity contribution in [2.24, 2.45) is 0 Å². The van der Waals surface area contributed by atoms with Gasteiger partial charge in [0, 0.05) is 18.7 Å². The van der Waals surface area contributed by atoms with Crippen LogP contribution in [0.1, 0.15) is 6.42 Å². The lowest BCUT2D eigenvalue weighted by Crippen LogP contribution is -2.45. The smallest absolute Gasteiger partial charge is 0.0948 e. The molecule has 92 valence electrons. The number of rotatable bonds is 7. The summed E-state index contributed by atoms with van der Waals surface area (Å²) < 4.78 is 32.0. The summed E-state index contributed by atoms with van der Waals surface area (Å²) in [5.41, 5.74) is 0. The average molecular weight is 238 g/mol. The van der Waals surface area contributed by atoms with Gasteiger partial charge in [-0.3, -0.25) is 0 Å². The van der Waals surface area contributed by atoms with Crippen molar-refractivity contribution in [3.8, 4) is 0 Å². The number of nitrogens with zero attached hydrogens (tertiary/aromatic N) is 2. The van der Waals surface area contributed by atoms with Crippen LogP contribution in [-0.4, -0.2) is 75.9 Å². The van der Waals surface area contributed by atoms with E-state index in [9.17, 15) is 13.0 Å². The highest BCUT2D eigenvalue weighted by molar-refractivity contribution is 7.85. The van der Waals surface area contributed by atoms with Gasteiger partial charge in [0.25, 0.3) is 0 Å². The Hall–Kier alpha value is -0.170. The van der Waals surface area contributed by atoms with Gasteiger partial charge in [-0.2, -0.15) is 0 Å². The Bertz CT molecular complexity index is 273. The maximum atomic E-state index is 10.4. The fourth-order valence-corrected chi connectivity index (χ4v) is 1.73. The van der Waals surface area contributed by atoms with Gasteiger partial charge in [0.2, 0.25) is 0 Å². The third kappa shape index (κ3) is 10.1. The van der Waals surface area contributed by atoms with Crippen molar-refractivity contribution >= 4 is 10.1 Å². The van der Waals surface area contributed by atoms with E-state index in [0.29, 0.717) is 6.42 Å². The molecular formula is C9H22N2O3S. The summed E-state index contributed by atoms with van der Waals surface area (Å²) in [5.74, 6) is -0.253. The Balaban J connectivity index is 3.84. The van der Waals surface area contributed by atoms with Crippen LogP contribution in [0.2, 0.25) is 0 Å². The van der Waals surface area contributed by atoms with Crippen molar-refractivity contribution < 1.29 is 17.5 Å². The number of quaternary nitrogens is 1. The molecule has 6 heteroatoms. The van der Waals surface area contributed by atoms with Gasteiger partial charge in [-0.15, -0.1) is 0 Å². The minimum absolute atomic E-state index is 0.253. The number of hydrogen-bond donors (Lipinski definition) is 0. The van der Waals surface area contributed by atoms with Crippen molar-refractivity contribution in [3.05, 3.63) is 0 Å². The Morgan fingerprint density at radius 2 is 1.73 bits per heavy atom. The zero-order valence-electron chi connectivity index (χ0n) is 10.1. The van der Waals surface area contributed by atoms with Crippen LogP contribution in [-0.2, 0) is 10.1 Å². The summed E-state index contributed by atoms with van der Waals surface area (Å²) >= 11 is 0. The van der Waals surface area contributed by atoms with Crippen LogP contribution in [0.25, 0.3) is 0 Å². The molecule has 0 aliphatic rings. The molecule has 0 aromatic heterocycles. The highest BCUT2D eigenvalue weighted by atomic mass is 32.2. The molecule has 0 aromatic carbocycles. The first kappa shape index (κ1) is 14.8. The van der Waals surface area contributed by atoms with E-state index >= 15 is 0 Å². The Kier molecular flexibility index (Phi) is 5.72. The van der Waals surface area contributed by atoms with Gasteiger partial charge in [0.05, 0.1) is 37.3 Å². The van der Waals surface area contributed by atoms with Crippen molar-refractivity contribution in [2.75, 3.05) is 53.6 Å². The lowest BCUT2D eigenvalue weighted by molar-refractivity contribution is -0.889. The second kappa shape index (κ2) is 5.79. The molecule has 0 amide bonds. The fraction of sp³-hybridized carbons (Fsp3) is 1.00. The van der Waals surface area contributed by atoms with E-state index in [1.807, 2.05) is 28.2 Å². The first-order valence-electron chi connectivity index (χ1n) is 5.03.